The Balaban J connectivity index is 1.94. The van der Waals surface area contributed by atoms with Crippen molar-refractivity contribution in [3.05, 3.63) is 22.8 Å². The minimum Gasteiger partial charge on any atom is -0.475 e. The molecule has 0 aromatic carbocycles. The SMILES string of the molecule is CC(C)CC(C)Oc1cc(CNC2CC2)c(Cl)cn1. The van der Waals surface area contributed by atoms with E-state index in [-0.39, 0.29) is 6.10 Å². The van der Waals surface area contributed by atoms with E-state index >= 15 is 0 Å². The van der Waals surface area contributed by atoms with Crippen LogP contribution in [0.2, 0.25) is 5.02 Å². The number of nitrogens with one attached hydrogen (secondary N) is 1. The normalized spacial score (nSPS) is 16.7. The molecular weight excluding hydrogens is 260 g/mol. The second kappa shape index (κ2) is 6.58. The van der Waals surface area contributed by atoms with Gasteiger partial charge in [0.25, 0.3) is 0 Å². The molecular formula is C15H23ClN2O. The van der Waals surface area contributed by atoms with Crippen LogP contribution in [0.5, 0.6) is 5.88 Å². The molecule has 0 aliphatic heterocycles. The fourth-order valence-corrected chi connectivity index (χ4v) is 2.29. The lowest BCUT2D eigenvalue weighted by Gasteiger charge is -2.16. The van der Waals surface area contributed by atoms with Gasteiger partial charge in [0, 0.05) is 24.8 Å². The molecule has 1 atom stereocenters. The Morgan fingerprint density at radius 3 is 2.79 bits per heavy atom. The predicted molar refractivity (Wildman–Crippen MR) is 78.7 cm³/mol. The molecule has 0 saturated heterocycles. The summed E-state index contributed by atoms with van der Waals surface area (Å²) in [4.78, 5) is 4.25. The van der Waals surface area contributed by atoms with E-state index in [2.05, 4.69) is 31.1 Å². The Morgan fingerprint density at radius 1 is 1.42 bits per heavy atom. The third-order valence-electron chi connectivity index (χ3n) is 3.19. The first kappa shape index (κ1) is 14.6. The molecule has 3 nitrogen and oxygen atoms in total. The summed E-state index contributed by atoms with van der Waals surface area (Å²) >= 11 is 6.16. The quantitative estimate of drug-likeness (QED) is 0.826. The van der Waals surface area contributed by atoms with Crippen molar-refractivity contribution >= 4 is 11.6 Å². The number of hydrogen-bond donors (Lipinski definition) is 1. The van der Waals surface area contributed by atoms with Crippen molar-refractivity contribution in [1.82, 2.24) is 10.3 Å². The molecule has 1 aromatic rings. The highest BCUT2D eigenvalue weighted by Crippen LogP contribution is 2.24. The monoisotopic (exact) mass is 282 g/mol. The van der Waals surface area contributed by atoms with Gasteiger partial charge in [-0.1, -0.05) is 25.4 Å². The number of nitrogens with zero attached hydrogens (tertiary/aromatic N) is 1. The van der Waals surface area contributed by atoms with Gasteiger partial charge in [-0.2, -0.15) is 0 Å². The Kier molecular flexibility index (Phi) is 5.06. The third kappa shape index (κ3) is 5.00. The number of aromatic nitrogens is 1. The zero-order chi connectivity index (χ0) is 13.8. The summed E-state index contributed by atoms with van der Waals surface area (Å²) in [7, 11) is 0. The highest BCUT2D eigenvalue weighted by atomic mass is 35.5. The van der Waals surface area contributed by atoms with Crippen molar-refractivity contribution in [2.75, 3.05) is 0 Å². The Morgan fingerprint density at radius 2 is 2.16 bits per heavy atom. The van der Waals surface area contributed by atoms with E-state index in [1.807, 2.05) is 6.07 Å². The summed E-state index contributed by atoms with van der Waals surface area (Å²) in [5.74, 6) is 1.29. The average Bonchev–Trinajstić information content (AvgIpc) is 3.12. The van der Waals surface area contributed by atoms with Crippen molar-refractivity contribution in [1.29, 1.82) is 0 Å². The number of hydrogen-bond acceptors (Lipinski definition) is 3. The van der Waals surface area contributed by atoms with Gasteiger partial charge in [-0.05, 0) is 37.7 Å². The summed E-state index contributed by atoms with van der Waals surface area (Å²) in [5.41, 5.74) is 1.07. The Bertz CT molecular complexity index is 419. The first-order chi connectivity index (χ1) is 9.04. The van der Waals surface area contributed by atoms with Gasteiger partial charge in [0.2, 0.25) is 5.88 Å². The lowest BCUT2D eigenvalue weighted by Crippen LogP contribution is -2.17. The van der Waals surface area contributed by atoms with Crippen LogP contribution in [0, 0.1) is 5.92 Å². The smallest absolute Gasteiger partial charge is 0.213 e. The van der Waals surface area contributed by atoms with Gasteiger partial charge in [0.15, 0.2) is 0 Å². The van der Waals surface area contributed by atoms with Crippen LogP contribution >= 0.6 is 11.6 Å². The Hall–Kier alpha value is -0.800. The fraction of sp³-hybridized carbons (Fsp3) is 0.667. The molecule has 1 heterocycles. The molecule has 2 rings (SSSR count). The standard InChI is InChI=1S/C15H23ClN2O/c1-10(2)6-11(3)19-15-7-12(14(16)9-18-15)8-17-13-4-5-13/h7,9-11,13,17H,4-6,8H2,1-3H3. The van der Waals surface area contributed by atoms with E-state index in [4.69, 9.17) is 16.3 Å². The molecule has 1 aliphatic carbocycles. The van der Waals surface area contributed by atoms with E-state index in [1.165, 1.54) is 12.8 Å². The van der Waals surface area contributed by atoms with Crippen molar-refractivity contribution in [2.45, 2.75) is 58.7 Å². The summed E-state index contributed by atoms with van der Waals surface area (Å²) in [6.07, 6.45) is 5.44. The average molecular weight is 283 g/mol. The van der Waals surface area contributed by atoms with E-state index in [9.17, 15) is 0 Å². The maximum atomic E-state index is 6.16. The van der Waals surface area contributed by atoms with Crippen molar-refractivity contribution < 1.29 is 4.74 Å². The number of pyridine rings is 1. The van der Waals surface area contributed by atoms with Gasteiger partial charge in [0.1, 0.15) is 0 Å². The van der Waals surface area contributed by atoms with Crippen LogP contribution < -0.4 is 10.1 Å². The topological polar surface area (TPSA) is 34.1 Å². The summed E-state index contributed by atoms with van der Waals surface area (Å²) in [6, 6.07) is 2.63. The van der Waals surface area contributed by atoms with Crippen molar-refractivity contribution in [3.8, 4) is 5.88 Å². The highest BCUT2D eigenvalue weighted by Gasteiger charge is 2.20. The molecule has 1 aliphatic rings. The second-order valence-corrected chi connectivity index (χ2v) is 6.23. The lowest BCUT2D eigenvalue weighted by atomic mass is 10.1. The minimum absolute atomic E-state index is 0.179. The fourth-order valence-electron chi connectivity index (χ4n) is 2.12. The number of halogens is 1. The zero-order valence-corrected chi connectivity index (χ0v) is 12.7. The molecule has 0 bridgehead atoms. The van der Waals surface area contributed by atoms with E-state index in [0.717, 1.165) is 18.5 Å². The van der Waals surface area contributed by atoms with Crippen molar-refractivity contribution in [3.63, 3.8) is 0 Å². The van der Waals surface area contributed by atoms with Crippen LogP contribution in [-0.2, 0) is 6.54 Å². The zero-order valence-electron chi connectivity index (χ0n) is 11.9. The third-order valence-corrected chi connectivity index (χ3v) is 3.53. The van der Waals surface area contributed by atoms with Crippen LogP contribution in [0.3, 0.4) is 0 Å². The number of rotatable bonds is 7. The van der Waals surface area contributed by atoms with Crippen LogP contribution in [0.4, 0.5) is 0 Å². The van der Waals surface area contributed by atoms with Crippen LogP contribution in [0.1, 0.15) is 45.6 Å². The molecule has 0 amide bonds. The van der Waals surface area contributed by atoms with Gasteiger partial charge in [-0.25, -0.2) is 4.98 Å². The van der Waals surface area contributed by atoms with Gasteiger partial charge in [-0.3, -0.25) is 0 Å². The molecule has 1 N–H and O–H groups in total. The van der Waals surface area contributed by atoms with E-state index in [0.29, 0.717) is 22.9 Å². The second-order valence-electron chi connectivity index (χ2n) is 5.83. The van der Waals surface area contributed by atoms with Gasteiger partial charge < -0.3 is 10.1 Å². The maximum absolute atomic E-state index is 6.16. The molecule has 0 radical (unpaired) electrons. The largest absolute Gasteiger partial charge is 0.475 e. The first-order valence-electron chi connectivity index (χ1n) is 7.09. The van der Waals surface area contributed by atoms with Gasteiger partial charge >= 0.3 is 0 Å². The molecule has 4 heteroatoms. The molecule has 1 saturated carbocycles. The highest BCUT2D eigenvalue weighted by molar-refractivity contribution is 6.31. The predicted octanol–water partition coefficient (Wildman–Crippen LogP) is 3.80. The molecule has 0 spiro atoms. The lowest BCUT2D eigenvalue weighted by molar-refractivity contribution is 0.185. The van der Waals surface area contributed by atoms with Gasteiger partial charge in [0.05, 0.1) is 11.1 Å². The maximum Gasteiger partial charge on any atom is 0.213 e. The first-order valence-corrected chi connectivity index (χ1v) is 7.47. The van der Waals surface area contributed by atoms with Crippen LogP contribution in [0.25, 0.3) is 0 Å². The summed E-state index contributed by atoms with van der Waals surface area (Å²) in [6.45, 7) is 7.26. The van der Waals surface area contributed by atoms with Crippen LogP contribution in [0.15, 0.2) is 12.3 Å². The Labute approximate surface area is 120 Å². The van der Waals surface area contributed by atoms with Gasteiger partial charge in [-0.15, -0.1) is 0 Å². The molecule has 1 fully saturated rings. The summed E-state index contributed by atoms with van der Waals surface area (Å²) in [5, 5.41) is 4.16. The van der Waals surface area contributed by atoms with Crippen LogP contribution in [-0.4, -0.2) is 17.1 Å². The molecule has 19 heavy (non-hydrogen) atoms. The van der Waals surface area contributed by atoms with E-state index < -0.39 is 0 Å². The molecule has 1 aromatic heterocycles. The number of ether oxygens (including phenoxy) is 1. The van der Waals surface area contributed by atoms with Crippen molar-refractivity contribution in [2.24, 2.45) is 5.92 Å². The molecule has 106 valence electrons. The molecule has 1 unspecified atom stereocenters. The summed E-state index contributed by atoms with van der Waals surface area (Å²) < 4.78 is 5.85. The van der Waals surface area contributed by atoms with E-state index in [1.54, 1.807) is 6.20 Å². The minimum atomic E-state index is 0.179.